The predicted octanol–water partition coefficient (Wildman–Crippen LogP) is 2.55. The van der Waals surface area contributed by atoms with E-state index in [9.17, 15) is 14.5 Å². The van der Waals surface area contributed by atoms with Gasteiger partial charge in [0.05, 0.1) is 17.6 Å². The minimum atomic E-state index is -3.55. The van der Waals surface area contributed by atoms with Gasteiger partial charge in [-0.2, -0.15) is 9.86 Å². The Morgan fingerprint density at radius 1 is 1.31 bits per heavy atom. The zero-order valence-corrected chi connectivity index (χ0v) is 16.4. The number of nitrogens with one attached hydrogen (secondary N) is 1. The molecule has 0 saturated carbocycles. The molecular weight excluding hydrogens is 355 g/mol. The fourth-order valence-corrected chi connectivity index (χ4v) is 4.30. The number of fused-ring (bicyclic) bond motifs is 1. The fraction of sp³-hybridized carbons (Fsp3) is 0.353. The summed E-state index contributed by atoms with van der Waals surface area (Å²) >= 11 is 0. The minimum absolute atomic E-state index is 0.00841. The molecule has 1 aliphatic heterocycles. The molecule has 2 N–H and O–H groups in total. The summed E-state index contributed by atoms with van der Waals surface area (Å²) in [7, 11) is -2.08. The van der Waals surface area contributed by atoms with E-state index in [2.05, 4.69) is 15.2 Å². The van der Waals surface area contributed by atoms with Crippen molar-refractivity contribution in [3.05, 3.63) is 45.9 Å². The van der Waals surface area contributed by atoms with Crippen LogP contribution in [0.5, 0.6) is 5.75 Å². The number of aromatic nitrogens is 2. The standard InChI is InChI=1S/C15H17N4O4P.C2H6/c1-4-23-24(22)11-8-6-5-7-10(11)16-14(18-24)12-13(20)9(2)17-19(3)15(12)21;1-2/h5-8,20H,4H2,1-3H3,(H,16,18,22);1-2H3. The third kappa shape index (κ3) is 3.43. The molecule has 140 valence electrons. The molecule has 0 spiro atoms. The van der Waals surface area contributed by atoms with E-state index in [4.69, 9.17) is 4.52 Å². The maximum Gasteiger partial charge on any atom is 0.348 e. The number of hydrogen-bond acceptors (Lipinski definition) is 6. The molecule has 0 fully saturated rings. The zero-order valence-electron chi connectivity index (χ0n) is 15.5. The Balaban J connectivity index is 0.00000117. The van der Waals surface area contributed by atoms with E-state index in [0.29, 0.717) is 11.0 Å². The molecule has 0 radical (unpaired) electrons. The molecule has 1 aliphatic rings. The Morgan fingerprint density at radius 2 is 1.96 bits per heavy atom. The molecule has 2 heterocycles. The zero-order chi connectivity index (χ0) is 19.5. The third-order valence-electron chi connectivity index (χ3n) is 3.62. The second-order valence-electron chi connectivity index (χ2n) is 5.27. The first-order valence-corrected chi connectivity index (χ1v) is 9.94. The van der Waals surface area contributed by atoms with Crippen molar-refractivity contribution in [1.82, 2.24) is 9.78 Å². The molecule has 2 aromatic rings. The van der Waals surface area contributed by atoms with Crippen LogP contribution in [0.2, 0.25) is 0 Å². The monoisotopic (exact) mass is 378 g/mol. The lowest BCUT2D eigenvalue weighted by molar-refractivity contribution is 0.341. The van der Waals surface area contributed by atoms with Crippen molar-refractivity contribution in [3.63, 3.8) is 0 Å². The number of hydrogen-bond donors (Lipinski definition) is 2. The Bertz CT molecular complexity index is 952. The summed E-state index contributed by atoms with van der Waals surface area (Å²) in [6, 6.07) is 6.88. The number of aromatic hydroxyl groups is 1. The highest BCUT2D eigenvalue weighted by Gasteiger charge is 2.35. The van der Waals surface area contributed by atoms with Crippen molar-refractivity contribution in [3.8, 4) is 5.75 Å². The molecule has 9 heteroatoms. The smallest absolute Gasteiger partial charge is 0.348 e. The first kappa shape index (κ1) is 19.9. The van der Waals surface area contributed by atoms with Gasteiger partial charge in [-0.15, -0.1) is 0 Å². The maximum absolute atomic E-state index is 13.2. The van der Waals surface area contributed by atoms with Crippen LogP contribution in [0.1, 0.15) is 32.0 Å². The predicted molar refractivity (Wildman–Crippen MR) is 103 cm³/mol. The van der Waals surface area contributed by atoms with Crippen molar-refractivity contribution in [2.24, 2.45) is 11.8 Å². The Kier molecular flexibility index (Phi) is 6.00. The van der Waals surface area contributed by atoms with Crippen LogP contribution in [0, 0.1) is 6.92 Å². The van der Waals surface area contributed by atoms with Crippen molar-refractivity contribution in [2.75, 3.05) is 11.9 Å². The van der Waals surface area contributed by atoms with Crippen LogP contribution < -0.4 is 16.2 Å². The highest BCUT2D eigenvalue weighted by atomic mass is 31.2. The Hall–Kier alpha value is -2.44. The minimum Gasteiger partial charge on any atom is -0.505 e. The van der Waals surface area contributed by atoms with Crippen LogP contribution in [0.25, 0.3) is 0 Å². The average Bonchev–Trinajstić information content (AvgIpc) is 2.62. The summed E-state index contributed by atoms with van der Waals surface area (Å²) in [5.74, 6) is -0.291. The Labute approximate surface area is 152 Å². The van der Waals surface area contributed by atoms with Gasteiger partial charge in [-0.25, -0.2) is 4.68 Å². The highest BCUT2D eigenvalue weighted by Crippen LogP contribution is 2.51. The first-order valence-electron chi connectivity index (χ1n) is 8.36. The van der Waals surface area contributed by atoms with E-state index in [-0.39, 0.29) is 29.4 Å². The second-order valence-corrected chi connectivity index (χ2v) is 7.25. The van der Waals surface area contributed by atoms with Crippen LogP contribution in [0.4, 0.5) is 5.69 Å². The van der Waals surface area contributed by atoms with Crippen LogP contribution in [0.3, 0.4) is 0 Å². The van der Waals surface area contributed by atoms with Crippen molar-refractivity contribution < 1.29 is 14.2 Å². The molecule has 1 atom stereocenters. The number of para-hydroxylation sites is 1. The molecule has 1 aromatic heterocycles. The van der Waals surface area contributed by atoms with Crippen LogP contribution >= 0.6 is 7.52 Å². The number of anilines is 1. The lowest BCUT2D eigenvalue weighted by Gasteiger charge is -2.24. The van der Waals surface area contributed by atoms with Gasteiger partial charge in [-0.3, -0.25) is 9.36 Å². The van der Waals surface area contributed by atoms with Crippen molar-refractivity contribution in [2.45, 2.75) is 27.7 Å². The number of benzene rings is 1. The number of aryl methyl sites for hydroxylation is 2. The third-order valence-corrected chi connectivity index (χ3v) is 5.69. The van der Waals surface area contributed by atoms with E-state index in [1.165, 1.54) is 7.05 Å². The summed E-state index contributed by atoms with van der Waals surface area (Å²) in [6.45, 7) is 7.48. The number of rotatable bonds is 3. The maximum atomic E-state index is 13.2. The van der Waals surface area contributed by atoms with Gasteiger partial charge in [0.15, 0.2) is 11.6 Å². The van der Waals surface area contributed by atoms with Crippen LogP contribution in [0.15, 0.2) is 33.8 Å². The summed E-state index contributed by atoms with van der Waals surface area (Å²) in [5, 5.41) is 17.6. The average molecular weight is 378 g/mol. The number of amidine groups is 1. The van der Waals surface area contributed by atoms with E-state index in [1.807, 2.05) is 13.8 Å². The highest BCUT2D eigenvalue weighted by molar-refractivity contribution is 7.66. The lowest BCUT2D eigenvalue weighted by atomic mass is 10.2. The summed E-state index contributed by atoms with van der Waals surface area (Å²) in [5.41, 5.74) is 0.156. The lowest BCUT2D eigenvalue weighted by Crippen LogP contribution is -2.33. The topological polar surface area (TPSA) is 106 Å². The van der Waals surface area contributed by atoms with Gasteiger partial charge in [0.25, 0.3) is 5.56 Å². The molecule has 1 unspecified atom stereocenters. The summed E-state index contributed by atoms with van der Waals surface area (Å²) < 4.78 is 23.8. The van der Waals surface area contributed by atoms with Crippen molar-refractivity contribution in [1.29, 1.82) is 0 Å². The van der Waals surface area contributed by atoms with Crippen LogP contribution in [-0.4, -0.2) is 27.3 Å². The van der Waals surface area contributed by atoms with Crippen LogP contribution in [-0.2, 0) is 16.1 Å². The van der Waals surface area contributed by atoms with E-state index >= 15 is 0 Å². The van der Waals surface area contributed by atoms with Gasteiger partial charge in [0.1, 0.15) is 11.3 Å². The van der Waals surface area contributed by atoms with E-state index in [1.54, 1.807) is 38.1 Å². The largest absolute Gasteiger partial charge is 0.505 e. The molecule has 0 aliphatic carbocycles. The van der Waals surface area contributed by atoms with E-state index in [0.717, 1.165) is 4.68 Å². The van der Waals surface area contributed by atoms with Gasteiger partial charge in [-0.1, -0.05) is 26.0 Å². The molecule has 1 aromatic carbocycles. The summed E-state index contributed by atoms with van der Waals surface area (Å²) in [6.07, 6.45) is 0. The quantitative estimate of drug-likeness (QED) is 0.795. The SMILES string of the molecule is CC.CCOP1(=O)N=C(c2c(O)c(C)nn(C)c2=O)Nc2ccccc21. The molecule has 0 saturated heterocycles. The van der Waals surface area contributed by atoms with Gasteiger partial charge >= 0.3 is 7.52 Å². The Morgan fingerprint density at radius 3 is 2.62 bits per heavy atom. The molecule has 26 heavy (non-hydrogen) atoms. The normalized spacial score (nSPS) is 18.1. The van der Waals surface area contributed by atoms with Gasteiger partial charge in [0, 0.05) is 7.05 Å². The first-order chi connectivity index (χ1) is 12.4. The number of nitrogens with zero attached hydrogens (tertiary/aromatic N) is 3. The molecular formula is C17H23N4O4P. The molecule has 0 bridgehead atoms. The molecule has 8 nitrogen and oxygen atoms in total. The summed E-state index contributed by atoms with van der Waals surface area (Å²) in [4.78, 5) is 12.4. The van der Waals surface area contributed by atoms with Gasteiger partial charge in [-0.05, 0) is 26.0 Å². The van der Waals surface area contributed by atoms with Gasteiger partial charge < -0.3 is 14.9 Å². The second kappa shape index (κ2) is 7.85. The molecule has 3 rings (SSSR count). The van der Waals surface area contributed by atoms with Gasteiger partial charge in [0.2, 0.25) is 0 Å². The fourth-order valence-electron chi connectivity index (χ4n) is 2.52. The van der Waals surface area contributed by atoms with E-state index < -0.39 is 13.1 Å². The van der Waals surface area contributed by atoms with Crippen molar-refractivity contribution >= 4 is 24.3 Å². The molecule has 0 amide bonds.